The fourth-order valence-corrected chi connectivity index (χ4v) is 2.97. The molecule has 2 N–H and O–H groups in total. The number of hydrogen-bond donors (Lipinski definition) is 2. The Labute approximate surface area is 148 Å². The van der Waals surface area contributed by atoms with Gasteiger partial charge in [0.15, 0.2) is 0 Å². The van der Waals surface area contributed by atoms with Crippen molar-refractivity contribution in [2.45, 2.75) is 13.0 Å². The Morgan fingerprint density at radius 2 is 1.76 bits per heavy atom. The van der Waals surface area contributed by atoms with Gasteiger partial charge in [-0.3, -0.25) is 9.59 Å². The monoisotopic (exact) mass is 337 g/mol. The van der Waals surface area contributed by atoms with Gasteiger partial charge in [-0.25, -0.2) is 0 Å². The highest BCUT2D eigenvalue weighted by Gasteiger charge is 2.20. The normalized spacial score (nSPS) is 17.2. The van der Waals surface area contributed by atoms with E-state index in [9.17, 15) is 9.59 Å². The van der Waals surface area contributed by atoms with E-state index in [2.05, 4.69) is 10.6 Å². The first-order valence-corrected chi connectivity index (χ1v) is 8.58. The Balaban J connectivity index is 1.55. The van der Waals surface area contributed by atoms with Gasteiger partial charge in [0.2, 0.25) is 5.91 Å². The number of rotatable bonds is 4. The molecule has 1 fully saturated rings. The maximum atomic E-state index is 12.2. The van der Waals surface area contributed by atoms with Crippen LogP contribution < -0.4 is 10.6 Å². The zero-order valence-electron chi connectivity index (χ0n) is 14.4. The predicted molar refractivity (Wildman–Crippen MR) is 98.3 cm³/mol. The summed E-state index contributed by atoms with van der Waals surface area (Å²) in [6.45, 7) is 4.24. The maximum absolute atomic E-state index is 12.2. The number of amides is 2. The Bertz CT molecular complexity index is 728. The molecule has 1 aliphatic heterocycles. The third kappa shape index (κ3) is 4.45. The van der Waals surface area contributed by atoms with Crippen LogP contribution in [0.25, 0.3) is 11.1 Å². The summed E-state index contributed by atoms with van der Waals surface area (Å²) in [5, 5.41) is 6.01. The van der Waals surface area contributed by atoms with Gasteiger partial charge < -0.3 is 15.5 Å². The number of carbonyl (C=O) groups excluding carboxylic acids is 2. The van der Waals surface area contributed by atoms with Crippen molar-refractivity contribution < 1.29 is 9.59 Å². The van der Waals surface area contributed by atoms with Crippen LogP contribution in [0.15, 0.2) is 54.6 Å². The van der Waals surface area contributed by atoms with Gasteiger partial charge in [0.05, 0.1) is 6.54 Å². The summed E-state index contributed by atoms with van der Waals surface area (Å²) < 4.78 is 0. The van der Waals surface area contributed by atoms with Crippen LogP contribution in [0.3, 0.4) is 0 Å². The minimum absolute atomic E-state index is 0.0337. The van der Waals surface area contributed by atoms with Gasteiger partial charge in [0.1, 0.15) is 0 Å². The predicted octanol–water partition coefficient (Wildman–Crippen LogP) is 1.90. The minimum atomic E-state index is -0.226. The van der Waals surface area contributed by atoms with Crippen molar-refractivity contribution in [1.29, 1.82) is 0 Å². The van der Waals surface area contributed by atoms with Crippen LogP contribution in [0, 0.1) is 0 Å². The molecule has 1 atom stereocenters. The van der Waals surface area contributed by atoms with Gasteiger partial charge in [-0.1, -0.05) is 42.5 Å². The molecule has 0 saturated carbocycles. The van der Waals surface area contributed by atoms with Gasteiger partial charge in [-0.15, -0.1) is 0 Å². The molecule has 130 valence electrons. The summed E-state index contributed by atoms with van der Waals surface area (Å²) in [7, 11) is 0. The highest BCUT2D eigenvalue weighted by atomic mass is 16.2. The van der Waals surface area contributed by atoms with E-state index in [1.807, 2.05) is 49.4 Å². The molecule has 0 unspecified atom stereocenters. The number of nitrogens with zero attached hydrogens (tertiary/aromatic N) is 1. The molecule has 5 nitrogen and oxygen atoms in total. The molecular weight excluding hydrogens is 314 g/mol. The third-order valence-electron chi connectivity index (χ3n) is 4.38. The second-order valence-electron chi connectivity index (χ2n) is 6.32. The van der Waals surface area contributed by atoms with E-state index in [0.717, 1.165) is 17.7 Å². The quantitative estimate of drug-likeness (QED) is 0.896. The van der Waals surface area contributed by atoms with Crippen molar-refractivity contribution in [2.24, 2.45) is 0 Å². The van der Waals surface area contributed by atoms with E-state index in [0.29, 0.717) is 24.7 Å². The van der Waals surface area contributed by atoms with Gasteiger partial charge in [0.25, 0.3) is 5.91 Å². The van der Waals surface area contributed by atoms with Crippen molar-refractivity contribution in [3.63, 3.8) is 0 Å². The third-order valence-corrected chi connectivity index (χ3v) is 4.38. The van der Waals surface area contributed by atoms with Crippen LogP contribution in [0.4, 0.5) is 0 Å². The van der Waals surface area contributed by atoms with Crippen molar-refractivity contribution in [1.82, 2.24) is 15.5 Å². The average molecular weight is 337 g/mol. The van der Waals surface area contributed by atoms with Crippen molar-refractivity contribution in [3.05, 3.63) is 60.2 Å². The van der Waals surface area contributed by atoms with Gasteiger partial charge >= 0.3 is 0 Å². The van der Waals surface area contributed by atoms with Crippen LogP contribution in [-0.2, 0) is 4.79 Å². The molecule has 0 aromatic heterocycles. The molecule has 3 rings (SSSR count). The lowest BCUT2D eigenvalue weighted by atomic mass is 10.0. The lowest BCUT2D eigenvalue weighted by molar-refractivity contribution is -0.131. The molecule has 1 heterocycles. The van der Waals surface area contributed by atoms with Gasteiger partial charge in [-0.05, 0) is 30.2 Å². The van der Waals surface area contributed by atoms with Crippen molar-refractivity contribution >= 4 is 11.8 Å². The number of benzene rings is 2. The summed E-state index contributed by atoms with van der Waals surface area (Å²) in [5.41, 5.74) is 2.72. The van der Waals surface area contributed by atoms with E-state index in [1.165, 1.54) is 0 Å². The Morgan fingerprint density at radius 1 is 1.08 bits per heavy atom. The fourth-order valence-electron chi connectivity index (χ4n) is 2.97. The summed E-state index contributed by atoms with van der Waals surface area (Å²) in [6.07, 6.45) is 0. The Morgan fingerprint density at radius 3 is 2.44 bits per heavy atom. The lowest BCUT2D eigenvalue weighted by Gasteiger charge is -2.31. The van der Waals surface area contributed by atoms with Crippen molar-refractivity contribution in [2.75, 3.05) is 26.2 Å². The smallest absolute Gasteiger partial charge is 0.251 e. The topological polar surface area (TPSA) is 61.4 Å². The number of carbonyl (C=O) groups is 2. The van der Waals surface area contributed by atoms with Crippen LogP contribution >= 0.6 is 0 Å². The van der Waals surface area contributed by atoms with E-state index < -0.39 is 0 Å². The summed E-state index contributed by atoms with van der Waals surface area (Å²) in [5.74, 6) is -0.265. The molecule has 5 heteroatoms. The first kappa shape index (κ1) is 17.2. The minimum Gasteiger partial charge on any atom is -0.343 e. The number of hydrogen-bond acceptors (Lipinski definition) is 3. The molecule has 0 radical (unpaired) electrons. The van der Waals surface area contributed by atoms with Gasteiger partial charge in [-0.2, -0.15) is 0 Å². The molecule has 1 saturated heterocycles. The second-order valence-corrected chi connectivity index (χ2v) is 6.32. The summed E-state index contributed by atoms with van der Waals surface area (Å²) in [6, 6.07) is 17.7. The molecular formula is C20H23N3O2. The van der Waals surface area contributed by atoms with E-state index in [1.54, 1.807) is 17.0 Å². The van der Waals surface area contributed by atoms with E-state index in [-0.39, 0.29) is 18.4 Å². The van der Waals surface area contributed by atoms with E-state index >= 15 is 0 Å². The molecule has 0 spiro atoms. The van der Waals surface area contributed by atoms with E-state index in [4.69, 9.17) is 0 Å². The lowest BCUT2D eigenvalue weighted by Crippen LogP contribution is -2.53. The Hall–Kier alpha value is -2.66. The fraction of sp³-hybridized carbons (Fsp3) is 0.300. The largest absolute Gasteiger partial charge is 0.343 e. The zero-order valence-corrected chi connectivity index (χ0v) is 14.4. The SMILES string of the molecule is C[C@@H]1CN(C(=O)CNC(=O)c2ccc(-c3ccccc3)cc2)CCN1. The molecule has 1 aliphatic rings. The number of nitrogens with one attached hydrogen (secondary N) is 2. The van der Waals surface area contributed by atoms with Crippen LogP contribution in [0.1, 0.15) is 17.3 Å². The highest BCUT2D eigenvalue weighted by molar-refractivity contribution is 5.96. The van der Waals surface area contributed by atoms with Crippen LogP contribution in [0.5, 0.6) is 0 Å². The molecule has 2 aromatic rings. The van der Waals surface area contributed by atoms with Gasteiger partial charge in [0, 0.05) is 31.2 Å². The highest BCUT2D eigenvalue weighted by Crippen LogP contribution is 2.19. The molecule has 25 heavy (non-hydrogen) atoms. The maximum Gasteiger partial charge on any atom is 0.251 e. The standard InChI is InChI=1S/C20H23N3O2/c1-15-14-23(12-11-21-15)19(24)13-22-20(25)18-9-7-17(8-10-18)16-5-3-2-4-6-16/h2-10,15,21H,11-14H2,1H3,(H,22,25)/t15-/m1/s1. The van der Waals surface area contributed by atoms with Crippen LogP contribution in [-0.4, -0.2) is 48.9 Å². The average Bonchev–Trinajstić information content (AvgIpc) is 2.66. The van der Waals surface area contributed by atoms with Crippen molar-refractivity contribution in [3.8, 4) is 11.1 Å². The first-order valence-electron chi connectivity index (χ1n) is 8.58. The Kier molecular flexibility index (Phi) is 5.46. The molecule has 2 aromatic carbocycles. The molecule has 0 bridgehead atoms. The second kappa shape index (κ2) is 7.94. The number of piperazine rings is 1. The summed E-state index contributed by atoms with van der Waals surface area (Å²) >= 11 is 0. The zero-order chi connectivity index (χ0) is 17.6. The molecule has 0 aliphatic carbocycles. The van der Waals surface area contributed by atoms with Crippen LogP contribution in [0.2, 0.25) is 0 Å². The molecule has 2 amide bonds. The summed E-state index contributed by atoms with van der Waals surface area (Å²) in [4.78, 5) is 26.2. The first-order chi connectivity index (χ1) is 12.1.